The average molecular weight is 290 g/mol. The molecule has 5 nitrogen and oxygen atoms in total. The van der Waals surface area contributed by atoms with Gasteiger partial charge in [-0.2, -0.15) is 0 Å². The fraction of sp³-hybridized carbons (Fsp3) is 0.438. The normalized spacial score (nSPS) is 20.3. The number of rotatable bonds is 6. The van der Waals surface area contributed by atoms with Crippen LogP contribution in [-0.2, 0) is 6.54 Å². The molecular formula is C16H22N2O3. The lowest BCUT2D eigenvalue weighted by Gasteiger charge is -2.14. The number of nitrogens with one attached hydrogen (secondary N) is 2. The molecule has 2 amide bonds. The van der Waals surface area contributed by atoms with Gasteiger partial charge in [0.25, 0.3) is 0 Å². The molecule has 0 saturated heterocycles. The summed E-state index contributed by atoms with van der Waals surface area (Å²) in [6, 6.07) is 7.46. The zero-order valence-corrected chi connectivity index (χ0v) is 12.2. The van der Waals surface area contributed by atoms with E-state index in [1.54, 1.807) is 0 Å². The Morgan fingerprint density at radius 3 is 3.00 bits per heavy atom. The number of aliphatic hydroxyl groups excluding tert-OH is 1. The van der Waals surface area contributed by atoms with Crippen molar-refractivity contribution in [2.24, 2.45) is 5.92 Å². The molecule has 0 fully saturated rings. The lowest BCUT2D eigenvalue weighted by Crippen LogP contribution is -2.40. The lowest BCUT2D eigenvalue weighted by molar-refractivity contribution is 0.231. The highest BCUT2D eigenvalue weighted by Crippen LogP contribution is 2.17. The molecule has 0 aliphatic heterocycles. The van der Waals surface area contributed by atoms with Gasteiger partial charge in [0.15, 0.2) is 0 Å². The maximum atomic E-state index is 11.8. The van der Waals surface area contributed by atoms with Gasteiger partial charge in [-0.3, -0.25) is 0 Å². The summed E-state index contributed by atoms with van der Waals surface area (Å²) in [6.07, 6.45) is 4.62. The van der Waals surface area contributed by atoms with Crippen molar-refractivity contribution in [3.05, 3.63) is 42.0 Å². The van der Waals surface area contributed by atoms with Gasteiger partial charge in [0.1, 0.15) is 5.75 Å². The van der Waals surface area contributed by atoms with E-state index in [1.807, 2.05) is 43.3 Å². The molecule has 1 aliphatic rings. The Morgan fingerprint density at radius 2 is 2.29 bits per heavy atom. The molecule has 114 valence electrons. The first-order valence-corrected chi connectivity index (χ1v) is 7.26. The van der Waals surface area contributed by atoms with Gasteiger partial charge in [0, 0.05) is 25.1 Å². The van der Waals surface area contributed by atoms with Crippen LogP contribution >= 0.6 is 0 Å². The van der Waals surface area contributed by atoms with Crippen LogP contribution in [0.2, 0.25) is 0 Å². The van der Waals surface area contributed by atoms with Gasteiger partial charge in [0.2, 0.25) is 0 Å². The summed E-state index contributed by atoms with van der Waals surface area (Å²) in [6.45, 7) is 3.14. The Balaban J connectivity index is 1.76. The number of carbonyl (C=O) groups is 1. The van der Waals surface area contributed by atoms with Crippen LogP contribution in [0, 0.1) is 5.92 Å². The molecular weight excluding hydrogens is 268 g/mol. The molecule has 0 bridgehead atoms. The molecule has 21 heavy (non-hydrogen) atoms. The van der Waals surface area contributed by atoms with E-state index in [1.165, 1.54) is 0 Å². The van der Waals surface area contributed by atoms with Crippen LogP contribution in [0.25, 0.3) is 0 Å². The van der Waals surface area contributed by atoms with Crippen molar-refractivity contribution in [3.8, 4) is 5.75 Å². The molecule has 2 atom stereocenters. The van der Waals surface area contributed by atoms with Crippen LogP contribution in [0.1, 0.15) is 18.9 Å². The molecule has 1 aromatic carbocycles. The standard InChI is InChI=1S/C16H22N2O3/c1-2-21-15-5-3-4-12(9-15)10-17-16(20)18-14-7-6-13(8-14)11-19/h3-7,9,13-14,19H,2,8,10-11H2,1H3,(H2,17,18,20)/t13-,14+/m0/s1. The summed E-state index contributed by atoms with van der Waals surface area (Å²) in [5, 5.41) is 14.7. The van der Waals surface area contributed by atoms with E-state index in [2.05, 4.69) is 10.6 Å². The number of benzene rings is 1. The average Bonchev–Trinajstić information content (AvgIpc) is 2.93. The molecule has 2 rings (SSSR count). The smallest absolute Gasteiger partial charge is 0.315 e. The van der Waals surface area contributed by atoms with Crippen molar-refractivity contribution in [1.82, 2.24) is 10.6 Å². The number of urea groups is 1. The van der Waals surface area contributed by atoms with Gasteiger partial charge in [-0.05, 0) is 31.0 Å². The zero-order chi connectivity index (χ0) is 15.1. The first-order chi connectivity index (χ1) is 10.2. The Bertz CT molecular complexity index is 502. The molecule has 5 heteroatoms. The second-order valence-corrected chi connectivity index (χ2v) is 5.08. The van der Waals surface area contributed by atoms with Gasteiger partial charge in [-0.25, -0.2) is 4.79 Å². The second kappa shape index (κ2) is 7.69. The zero-order valence-electron chi connectivity index (χ0n) is 12.2. The number of aliphatic hydroxyl groups is 1. The summed E-state index contributed by atoms with van der Waals surface area (Å²) in [5.74, 6) is 0.958. The van der Waals surface area contributed by atoms with E-state index in [4.69, 9.17) is 9.84 Å². The van der Waals surface area contributed by atoms with Crippen molar-refractivity contribution in [2.45, 2.75) is 25.9 Å². The Morgan fingerprint density at radius 1 is 1.43 bits per heavy atom. The monoisotopic (exact) mass is 290 g/mol. The number of hydrogen-bond acceptors (Lipinski definition) is 3. The van der Waals surface area contributed by atoms with Gasteiger partial charge >= 0.3 is 6.03 Å². The molecule has 0 heterocycles. The fourth-order valence-corrected chi connectivity index (χ4v) is 2.33. The van der Waals surface area contributed by atoms with Crippen molar-refractivity contribution in [3.63, 3.8) is 0 Å². The molecule has 1 aromatic rings. The van der Waals surface area contributed by atoms with E-state index < -0.39 is 0 Å². The van der Waals surface area contributed by atoms with E-state index in [9.17, 15) is 4.79 Å². The van der Waals surface area contributed by atoms with E-state index in [0.29, 0.717) is 13.2 Å². The topological polar surface area (TPSA) is 70.6 Å². The number of ether oxygens (including phenoxy) is 1. The highest BCUT2D eigenvalue weighted by molar-refractivity contribution is 5.74. The molecule has 1 aliphatic carbocycles. The number of hydrogen-bond donors (Lipinski definition) is 3. The van der Waals surface area contributed by atoms with Crippen LogP contribution in [-0.4, -0.2) is 30.4 Å². The van der Waals surface area contributed by atoms with Crippen molar-refractivity contribution < 1.29 is 14.6 Å². The molecule has 0 spiro atoms. The lowest BCUT2D eigenvalue weighted by atomic mass is 10.1. The third-order valence-corrected chi connectivity index (χ3v) is 3.39. The molecule has 0 radical (unpaired) electrons. The third-order valence-electron chi connectivity index (χ3n) is 3.39. The van der Waals surface area contributed by atoms with Gasteiger partial charge < -0.3 is 20.5 Å². The summed E-state index contributed by atoms with van der Waals surface area (Å²) in [7, 11) is 0. The maximum absolute atomic E-state index is 11.8. The largest absolute Gasteiger partial charge is 0.494 e. The van der Waals surface area contributed by atoms with Crippen LogP contribution in [0.5, 0.6) is 5.75 Å². The third kappa shape index (κ3) is 4.79. The van der Waals surface area contributed by atoms with Crippen LogP contribution in [0.4, 0.5) is 4.79 Å². The van der Waals surface area contributed by atoms with Crippen molar-refractivity contribution >= 4 is 6.03 Å². The summed E-state index contributed by atoms with van der Waals surface area (Å²) < 4.78 is 5.42. The minimum Gasteiger partial charge on any atom is -0.494 e. The predicted molar refractivity (Wildman–Crippen MR) is 81.1 cm³/mol. The molecule has 0 saturated carbocycles. The van der Waals surface area contributed by atoms with Crippen molar-refractivity contribution in [2.75, 3.05) is 13.2 Å². The fourth-order valence-electron chi connectivity index (χ4n) is 2.33. The minimum absolute atomic E-state index is 0.00286. The quantitative estimate of drug-likeness (QED) is 0.700. The Labute approximate surface area is 125 Å². The molecule has 0 unspecified atom stereocenters. The first-order valence-electron chi connectivity index (χ1n) is 7.26. The van der Waals surface area contributed by atoms with E-state index in [0.717, 1.165) is 17.7 Å². The SMILES string of the molecule is CCOc1cccc(CNC(=O)N[C@@H]2C=C[C@H](CO)C2)c1. The predicted octanol–water partition coefficient (Wildman–Crippen LogP) is 1.82. The Kier molecular flexibility index (Phi) is 5.63. The van der Waals surface area contributed by atoms with Crippen molar-refractivity contribution in [1.29, 1.82) is 0 Å². The summed E-state index contributed by atoms with van der Waals surface area (Å²) >= 11 is 0. The van der Waals surface area contributed by atoms with Crippen LogP contribution in [0.15, 0.2) is 36.4 Å². The number of amides is 2. The molecule has 0 aromatic heterocycles. The Hall–Kier alpha value is -2.01. The molecule has 3 N–H and O–H groups in total. The van der Waals surface area contributed by atoms with Gasteiger partial charge in [-0.15, -0.1) is 0 Å². The van der Waals surface area contributed by atoms with Gasteiger partial charge in [-0.1, -0.05) is 24.3 Å². The highest BCUT2D eigenvalue weighted by Gasteiger charge is 2.19. The highest BCUT2D eigenvalue weighted by atomic mass is 16.5. The minimum atomic E-state index is -0.204. The summed E-state index contributed by atoms with van der Waals surface area (Å²) in [5.41, 5.74) is 0.992. The van der Waals surface area contributed by atoms with E-state index in [-0.39, 0.29) is 24.6 Å². The second-order valence-electron chi connectivity index (χ2n) is 5.08. The first kappa shape index (κ1) is 15.4. The van der Waals surface area contributed by atoms with Crippen LogP contribution < -0.4 is 15.4 Å². The maximum Gasteiger partial charge on any atom is 0.315 e. The van der Waals surface area contributed by atoms with Gasteiger partial charge in [0.05, 0.1) is 6.61 Å². The number of carbonyl (C=O) groups excluding carboxylic acids is 1. The summed E-state index contributed by atoms with van der Waals surface area (Å²) in [4.78, 5) is 11.8. The van der Waals surface area contributed by atoms with Crippen LogP contribution in [0.3, 0.4) is 0 Å². The van der Waals surface area contributed by atoms with E-state index >= 15 is 0 Å².